The Balaban J connectivity index is 2.15. The van der Waals surface area contributed by atoms with E-state index in [-0.39, 0.29) is 17.7 Å². The molecule has 0 bridgehead atoms. The quantitative estimate of drug-likeness (QED) is 0.648. The zero-order valence-electron chi connectivity index (χ0n) is 15.3. The number of ether oxygens (including phenoxy) is 1. The van der Waals surface area contributed by atoms with E-state index in [0.717, 1.165) is 15.9 Å². The molecule has 0 atom stereocenters. The molecule has 2 aromatic heterocycles. The average molecular weight is 362 g/mol. The van der Waals surface area contributed by atoms with Crippen molar-refractivity contribution in [1.29, 1.82) is 0 Å². The molecule has 27 heavy (non-hydrogen) atoms. The van der Waals surface area contributed by atoms with Gasteiger partial charge in [0.25, 0.3) is 5.56 Å². The third-order valence-electron chi connectivity index (χ3n) is 4.07. The van der Waals surface area contributed by atoms with Crippen LogP contribution in [-0.4, -0.2) is 25.3 Å². The standard InChI is InChI=1S/C20H18N4O3/c1-5-12-24-19(25)17-18(23(4)20(24)26)21-16(22(17)3)11-10-14-8-7-9-15(13-14)27-6-2/h1,7-9,13H,6,12H2,2-4H3. The van der Waals surface area contributed by atoms with Crippen molar-refractivity contribution in [3.05, 3.63) is 56.5 Å². The fourth-order valence-electron chi connectivity index (χ4n) is 2.74. The summed E-state index contributed by atoms with van der Waals surface area (Å²) < 4.78 is 9.34. The van der Waals surface area contributed by atoms with E-state index in [1.165, 1.54) is 4.57 Å². The van der Waals surface area contributed by atoms with Gasteiger partial charge in [-0.05, 0) is 31.0 Å². The summed E-state index contributed by atoms with van der Waals surface area (Å²) in [6.07, 6.45) is 5.27. The van der Waals surface area contributed by atoms with Gasteiger partial charge in [-0.25, -0.2) is 14.3 Å². The number of hydrogen-bond acceptors (Lipinski definition) is 4. The van der Waals surface area contributed by atoms with E-state index in [2.05, 4.69) is 22.7 Å². The number of imidazole rings is 1. The number of aromatic nitrogens is 4. The van der Waals surface area contributed by atoms with Gasteiger partial charge in [0.15, 0.2) is 17.0 Å². The van der Waals surface area contributed by atoms with Crippen molar-refractivity contribution in [2.75, 3.05) is 6.61 Å². The van der Waals surface area contributed by atoms with Crippen LogP contribution in [0.1, 0.15) is 18.3 Å². The van der Waals surface area contributed by atoms with Crippen LogP contribution in [0.15, 0.2) is 33.9 Å². The highest BCUT2D eigenvalue weighted by Gasteiger charge is 2.17. The minimum atomic E-state index is -0.507. The Morgan fingerprint density at radius 3 is 2.67 bits per heavy atom. The summed E-state index contributed by atoms with van der Waals surface area (Å²) in [6.45, 7) is 2.38. The molecule has 7 heteroatoms. The molecular weight excluding hydrogens is 344 g/mol. The average Bonchev–Trinajstić information content (AvgIpc) is 2.99. The van der Waals surface area contributed by atoms with Crippen LogP contribution < -0.4 is 16.0 Å². The zero-order chi connectivity index (χ0) is 19.6. The topological polar surface area (TPSA) is 71.1 Å². The van der Waals surface area contributed by atoms with Gasteiger partial charge < -0.3 is 9.30 Å². The lowest BCUT2D eigenvalue weighted by atomic mass is 10.2. The smallest absolute Gasteiger partial charge is 0.333 e. The molecule has 0 amide bonds. The second-order valence-electron chi connectivity index (χ2n) is 5.81. The minimum absolute atomic E-state index is 0.0993. The molecule has 0 spiro atoms. The molecule has 0 unspecified atom stereocenters. The largest absolute Gasteiger partial charge is 0.494 e. The Morgan fingerprint density at radius 2 is 1.96 bits per heavy atom. The Kier molecular flexibility index (Phi) is 4.87. The number of aryl methyl sites for hydroxylation is 2. The van der Waals surface area contributed by atoms with Gasteiger partial charge in [-0.3, -0.25) is 9.36 Å². The maximum absolute atomic E-state index is 12.6. The predicted molar refractivity (Wildman–Crippen MR) is 103 cm³/mol. The summed E-state index contributed by atoms with van der Waals surface area (Å²) in [5.74, 6) is 9.40. The van der Waals surface area contributed by atoms with Crippen molar-refractivity contribution in [3.8, 4) is 29.9 Å². The molecule has 1 aromatic carbocycles. The molecule has 0 aliphatic heterocycles. The number of terminal acetylenes is 1. The van der Waals surface area contributed by atoms with E-state index in [9.17, 15) is 9.59 Å². The Hall–Kier alpha value is -3.71. The molecule has 0 fully saturated rings. The van der Waals surface area contributed by atoms with Crippen molar-refractivity contribution >= 4 is 11.2 Å². The van der Waals surface area contributed by atoms with E-state index in [1.807, 2.05) is 31.2 Å². The lowest BCUT2D eigenvalue weighted by Gasteiger charge is -2.05. The molecule has 3 rings (SSSR count). The highest BCUT2D eigenvalue weighted by atomic mass is 16.5. The second-order valence-corrected chi connectivity index (χ2v) is 5.81. The predicted octanol–water partition coefficient (Wildman–Crippen LogP) is 0.865. The zero-order valence-corrected chi connectivity index (χ0v) is 15.3. The highest BCUT2D eigenvalue weighted by Crippen LogP contribution is 2.13. The van der Waals surface area contributed by atoms with Gasteiger partial charge in [0.05, 0.1) is 13.2 Å². The van der Waals surface area contributed by atoms with Crippen LogP contribution in [0.5, 0.6) is 5.75 Å². The molecule has 2 heterocycles. The van der Waals surface area contributed by atoms with Gasteiger partial charge in [0.1, 0.15) is 5.75 Å². The van der Waals surface area contributed by atoms with Gasteiger partial charge in [-0.1, -0.05) is 17.9 Å². The van der Waals surface area contributed by atoms with Crippen LogP contribution in [0.25, 0.3) is 11.2 Å². The maximum atomic E-state index is 12.6. The molecule has 0 saturated carbocycles. The molecule has 7 nitrogen and oxygen atoms in total. The van der Waals surface area contributed by atoms with Crippen molar-refractivity contribution in [3.63, 3.8) is 0 Å². The van der Waals surface area contributed by atoms with E-state index in [4.69, 9.17) is 11.2 Å². The van der Waals surface area contributed by atoms with Crippen LogP contribution in [0.2, 0.25) is 0 Å². The summed E-state index contributed by atoms with van der Waals surface area (Å²) in [6, 6.07) is 7.39. The normalized spacial score (nSPS) is 10.3. The first-order valence-corrected chi connectivity index (χ1v) is 8.32. The van der Waals surface area contributed by atoms with Gasteiger partial charge in [0, 0.05) is 19.7 Å². The number of benzene rings is 1. The van der Waals surface area contributed by atoms with Crippen LogP contribution in [0.3, 0.4) is 0 Å². The lowest BCUT2D eigenvalue weighted by Crippen LogP contribution is -2.39. The van der Waals surface area contributed by atoms with Crippen molar-refractivity contribution in [2.45, 2.75) is 13.5 Å². The van der Waals surface area contributed by atoms with Crippen molar-refractivity contribution in [2.24, 2.45) is 14.1 Å². The van der Waals surface area contributed by atoms with Crippen LogP contribution in [0.4, 0.5) is 0 Å². The Bertz CT molecular complexity index is 1240. The first-order valence-electron chi connectivity index (χ1n) is 8.32. The van der Waals surface area contributed by atoms with E-state index in [1.54, 1.807) is 18.7 Å². The molecule has 0 saturated heterocycles. The first kappa shape index (κ1) is 18.1. The summed E-state index contributed by atoms with van der Waals surface area (Å²) in [5.41, 5.74) is 0.319. The molecule has 136 valence electrons. The minimum Gasteiger partial charge on any atom is -0.494 e. The maximum Gasteiger partial charge on any atom is 0.333 e. The second kappa shape index (κ2) is 7.27. The highest BCUT2D eigenvalue weighted by molar-refractivity contribution is 5.72. The summed E-state index contributed by atoms with van der Waals surface area (Å²) in [5, 5.41) is 0. The molecular formula is C20H18N4O3. The lowest BCUT2D eigenvalue weighted by molar-refractivity contribution is 0.340. The number of nitrogens with zero attached hydrogens (tertiary/aromatic N) is 4. The molecule has 3 aromatic rings. The fourth-order valence-corrected chi connectivity index (χ4v) is 2.74. The molecule has 0 aliphatic carbocycles. The Morgan fingerprint density at radius 1 is 1.19 bits per heavy atom. The molecule has 0 radical (unpaired) electrons. The summed E-state index contributed by atoms with van der Waals surface area (Å²) in [7, 11) is 3.23. The van der Waals surface area contributed by atoms with Gasteiger partial charge in [-0.15, -0.1) is 6.42 Å². The van der Waals surface area contributed by atoms with Crippen LogP contribution in [-0.2, 0) is 20.6 Å². The first-order chi connectivity index (χ1) is 13.0. The van der Waals surface area contributed by atoms with Gasteiger partial charge >= 0.3 is 5.69 Å². The Labute approximate surface area is 155 Å². The third-order valence-corrected chi connectivity index (χ3v) is 4.07. The number of hydrogen-bond donors (Lipinski definition) is 0. The third kappa shape index (κ3) is 3.23. The molecule has 0 aliphatic rings. The number of rotatable bonds is 3. The van der Waals surface area contributed by atoms with E-state index >= 15 is 0 Å². The van der Waals surface area contributed by atoms with Crippen LogP contribution >= 0.6 is 0 Å². The van der Waals surface area contributed by atoms with Crippen molar-refractivity contribution in [1.82, 2.24) is 18.7 Å². The van der Waals surface area contributed by atoms with Gasteiger partial charge in [0.2, 0.25) is 0 Å². The van der Waals surface area contributed by atoms with Crippen LogP contribution in [0, 0.1) is 24.2 Å². The van der Waals surface area contributed by atoms with E-state index in [0.29, 0.717) is 12.4 Å². The van der Waals surface area contributed by atoms with Crippen molar-refractivity contribution < 1.29 is 4.74 Å². The SMILES string of the molecule is C#CCn1c(=O)c2c(nc(C#Cc3cccc(OCC)c3)n2C)n(C)c1=O. The fraction of sp³-hybridized carbons (Fsp3) is 0.250. The molecule has 0 N–H and O–H groups in total. The number of fused-ring (bicyclic) bond motifs is 1. The van der Waals surface area contributed by atoms with Gasteiger partial charge in [-0.2, -0.15) is 0 Å². The summed E-state index contributed by atoms with van der Waals surface area (Å²) in [4.78, 5) is 29.3. The monoisotopic (exact) mass is 362 g/mol. The summed E-state index contributed by atoms with van der Waals surface area (Å²) >= 11 is 0. The van der Waals surface area contributed by atoms with E-state index < -0.39 is 11.2 Å².